The van der Waals surface area contributed by atoms with Gasteiger partial charge >= 0.3 is 0 Å². The number of hydrogen-bond acceptors (Lipinski definition) is 5. The standard InChI is InChI=1S/C17H22NO4P/c19-13-11-18(12-14-20)15-23(21,17-9-5-2-6-10-17)22-16-7-3-1-4-8-16/h1-10,19-20H,11-15H2. The molecule has 2 N–H and O–H groups in total. The van der Waals surface area contributed by atoms with Gasteiger partial charge < -0.3 is 14.7 Å². The summed E-state index contributed by atoms with van der Waals surface area (Å²) in [4.78, 5) is 1.75. The molecule has 6 heteroatoms. The van der Waals surface area contributed by atoms with E-state index in [2.05, 4.69) is 0 Å². The summed E-state index contributed by atoms with van der Waals surface area (Å²) in [7, 11) is -3.21. The molecule has 0 aliphatic rings. The Balaban J connectivity index is 2.29. The zero-order valence-corrected chi connectivity index (χ0v) is 13.8. The lowest BCUT2D eigenvalue weighted by molar-refractivity contribution is 0.175. The van der Waals surface area contributed by atoms with Crippen LogP contribution >= 0.6 is 7.37 Å². The largest absolute Gasteiger partial charge is 0.439 e. The van der Waals surface area contributed by atoms with Crippen molar-refractivity contribution in [2.45, 2.75) is 0 Å². The first kappa shape index (κ1) is 17.7. The van der Waals surface area contributed by atoms with Gasteiger partial charge in [0.2, 0.25) is 0 Å². The smallest absolute Gasteiger partial charge is 0.290 e. The molecule has 0 aliphatic carbocycles. The van der Waals surface area contributed by atoms with Gasteiger partial charge in [0.05, 0.1) is 19.5 Å². The van der Waals surface area contributed by atoms with Crippen molar-refractivity contribution in [3.05, 3.63) is 60.7 Å². The molecular weight excluding hydrogens is 313 g/mol. The molecule has 1 atom stereocenters. The number of hydrogen-bond donors (Lipinski definition) is 2. The molecule has 0 fully saturated rings. The van der Waals surface area contributed by atoms with Gasteiger partial charge in [0.1, 0.15) is 5.75 Å². The van der Waals surface area contributed by atoms with Crippen LogP contribution < -0.4 is 9.83 Å². The Morgan fingerprint density at radius 1 is 0.870 bits per heavy atom. The van der Waals surface area contributed by atoms with Gasteiger partial charge in [0, 0.05) is 18.4 Å². The molecule has 0 heterocycles. The van der Waals surface area contributed by atoms with Crippen molar-refractivity contribution >= 4 is 12.7 Å². The van der Waals surface area contributed by atoms with E-state index in [-0.39, 0.29) is 19.5 Å². The van der Waals surface area contributed by atoms with E-state index in [1.807, 2.05) is 36.4 Å². The van der Waals surface area contributed by atoms with E-state index in [1.54, 1.807) is 29.2 Å². The molecule has 0 radical (unpaired) electrons. The fourth-order valence-electron chi connectivity index (χ4n) is 2.27. The van der Waals surface area contributed by atoms with Crippen LogP contribution in [0.2, 0.25) is 0 Å². The Labute approximate surface area is 136 Å². The van der Waals surface area contributed by atoms with Crippen LogP contribution in [0.3, 0.4) is 0 Å². The van der Waals surface area contributed by atoms with Crippen molar-refractivity contribution in [2.75, 3.05) is 32.6 Å². The molecule has 2 aromatic rings. The molecule has 23 heavy (non-hydrogen) atoms. The van der Waals surface area contributed by atoms with E-state index < -0.39 is 7.37 Å². The molecule has 2 aromatic carbocycles. The van der Waals surface area contributed by atoms with Crippen LogP contribution in [0.4, 0.5) is 0 Å². The summed E-state index contributed by atoms with van der Waals surface area (Å²) in [6.07, 6.45) is 0.132. The molecule has 5 nitrogen and oxygen atoms in total. The number of para-hydroxylation sites is 1. The first-order chi connectivity index (χ1) is 11.2. The summed E-state index contributed by atoms with van der Waals surface area (Å²) in [6.45, 7) is 0.519. The van der Waals surface area contributed by atoms with Crippen LogP contribution in [0, 0.1) is 0 Å². The van der Waals surface area contributed by atoms with Crippen LogP contribution in [-0.2, 0) is 4.57 Å². The van der Waals surface area contributed by atoms with Crippen LogP contribution in [0.15, 0.2) is 60.7 Å². The van der Waals surface area contributed by atoms with Crippen LogP contribution in [0.1, 0.15) is 0 Å². The summed E-state index contributed by atoms with van der Waals surface area (Å²) < 4.78 is 19.4. The molecular formula is C17H22NO4P. The number of benzene rings is 2. The van der Waals surface area contributed by atoms with Crippen molar-refractivity contribution in [2.24, 2.45) is 0 Å². The number of aliphatic hydroxyl groups is 2. The maximum atomic E-state index is 13.5. The third-order valence-electron chi connectivity index (χ3n) is 3.36. The fourth-order valence-corrected chi connectivity index (χ4v) is 4.49. The van der Waals surface area contributed by atoms with Gasteiger partial charge in [-0.1, -0.05) is 36.4 Å². The van der Waals surface area contributed by atoms with Crippen LogP contribution in [0.5, 0.6) is 5.75 Å². The van der Waals surface area contributed by atoms with Gasteiger partial charge in [0.25, 0.3) is 7.37 Å². The molecule has 0 spiro atoms. The Morgan fingerprint density at radius 2 is 1.39 bits per heavy atom. The third kappa shape index (κ3) is 5.19. The van der Waals surface area contributed by atoms with E-state index in [0.717, 1.165) is 0 Å². The topological polar surface area (TPSA) is 70.0 Å². The van der Waals surface area contributed by atoms with Gasteiger partial charge in [-0.05, 0) is 24.3 Å². The summed E-state index contributed by atoms with van der Waals surface area (Å²) >= 11 is 0. The average Bonchev–Trinajstić information content (AvgIpc) is 2.57. The molecule has 1 unspecified atom stereocenters. The zero-order valence-electron chi connectivity index (χ0n) is 12.9. The predicted molar refractivity (Wildman–Crippen MR) is 91.4 cm³/mol. The van der Waals surface area contributed by atoms with E-state index in [0.29, 0.717) is 24.1 Å². The van der Waals surface area contributed by atoms with Gasteiger partial charge in [-0.2, -0.15) is 0 Å². The second-order valence-electron chi connectivity index (χ2n) is 5.12. The molecule has 0 aliphatic heterocycles. The fraction of sp³-hybridized carbons (Fsp3) is 0.294. The van der Waals surface area contributed by atoms with Crippen molar-refractivity contribution < 1.29 is 19.3 Å². The highest BCUT2D eigenvalue weighted by atomic mass is 31.2. The summed E-state index contributed by atoms with van der Waals surface area (Å²) in [5, 5.41) is 18.9. The van der Waals surface area contributed by atoms with Gasteiger partial charge in [-0.25, -0.2) is 0 Å². The zero-order chi connectivity index (χ0) is 16.5. The lowest BCUT2D eigenvalue weighted by Crippen LogP contribution is -2.33. The maximum Gasteiger partial charge on any atom is 0.290 e. The Bertz CT molecular complexity index is 615. The predicted octanol–water partition coefficient (Wildman–Crippen LogP) is 1.91. The minimum atomic E-state index is -3.21. The SMILES string of the molecule is O=P(CN(CCO)CCO)(Oc1ccccc1)c1ccccc1. The second kappa shape index (κ2) is 8.85. The highest BCUT2D eigenvalue weighted by molar-refractivity contribution is 7.67. The lowest BCUT2D eigenvalue weighted by atomic mass is 10.3. The Kier molecular flexibility index (Phi) is 6.81. The quantitative estimate of drug-likeness (QED) is 0.685. The summed E-state index contributed by atoms with van der Waals surface area (Å²) in [5.74, 6) is 0.535. The first-order valence-electron chi connectivity index (χ1n) is 7.51. The average molecular weight is 335 g/mol. The Morgan fingerprint density at radius 3 is 1.91 bits per heavy atom. The van der Waals surface area contributed by atoms with E-state index in [9.17, 15) is 4.57 Å². The van der Waals surface area contributed by atoms with Crippen molar-refractivity contribution in [1.82, 2.24) is 4.90 Å². The van der Waals surface area contributed by atoms with E-state index in [4.69, 9.17) is 14.7 Å². The minimum Gasteiger partial charge on any atom is -0.439 e. The number of rotatable bonds is 9. The number of aliphatic hydroxyl groups excluding tert-OH is 2. The van der Waals surface area contributed by atoms with Gasteiger partial charge in [0.15, 0.2) is 0 Å². The Hall–Kier alpha value is -1.65. The number of nitrogens with zero attached hydrogens (tertiary/aromatic N) is 1. The van der Waals surface area contributed by atoms with Crippen molar-refractivity contribution in [1.29, 1.82) is 0 Å². The van der Waals surface area contributed by atoms with Gasteiger partial charge in [-0.3, -0.25) is 9.46 Å². The molecule has 2 rings (SSSR count). The first-order valence-corrected chi connectivity index (χ1v) is 9.32. The molecule has 0 bridgehead atoms. The summed E-state index contributed by atoms with van der Waals surface area (Å²) in [6, 6.07) is 18.1. The molecule has 0 saturated carbocycles. The highest BCUT2D eigenvalue weighted by Crippen LogP contribution is 2.46. The van der Waals surface area contributed by atoms with Crippen molar-refractivity contribution in [3.63, 3.8) is 0 Å². The molecule has 0 aromatic heterocycles. The van der Waals surface area contributed by atoms with E-state index in [1.165, 1.54) is 0 Å². The normalized spacial score (nSPS) is 13.7. The van der Waals surface area contributed by atoms with Crippen molar-refractivity contribution in [3.8, 4) is 5.75 Å². The summed E-state index contributed by atoms with van der Waals surface area (Å²) in [5.41, 5.74) is 0. The molecule has 0 amide bonds. The highest BCUT2D eigenvalue weighted by Gasteiger charge is 2.30. The van der Waals surface area contributed by atoms with Crippen LogP contribution in [0.25, 0.3) is 0 Å². The monoisotopic (exact) mass is 335 g/mol. The maximum absolute atomic E-state index is 13.5. The molecule has 0 saturated heterocycles. The molecule has 124 valence electrons. The third-order valence-corrected chi connectivity index (χ3v) is 5.73. The van der Waals surface area contributed by atoms with Crippen LogP contribution in [-0.4, -0.2) is 47.7 Å². The van der Waals surface area contributed by atoms with E-state index >= 15 is 0 Å². The van der Waals surface area contributed by atoms with Gasteiger partial charge in [-0.15, -0.1) is 0 Å². The second-order valence-corrected chi connectivity index (χ2v) is 7.45. The lowest BCUT2D eigenvalue weighted by Gasteiger charge is -2.27. The minimum absolute atomic E-state index is 0.0693.